The zero-order valence-corrected chi connectivity index (χ0v) is 13.7. The predicted molar refractivity (Wildman–Crippen MR) is 89.9 cm³/mol. The van der Waals surface area contributed by atoms with Gasteiger partial charge in [-0.2, -0.15) is 0 Å². The van der Waals surface area contributed by atoms with Crippen molar-refractivity contribution in [3.8, 4) is 5.75 Å². The van der Waals surface area contributed by atoms with Gasteiger partial charge in [0.2, 0.25) is 6.41 Å². The summed E-state index contributed by atoms with van der Waals surface area (Å²) in [5, 5.41) is 12.9. The maximum atomic E-state index is 12.8. The highest BCUT2D eigenvalue weighted by molar-refractivity contribution is 7.85. The van der Waals surface area contributed by atoms with Gasteiger partial charge in [0.1, 0.15) is 5.75 Å². The molecule has 0 aliphatic carbocycles. The zero-order chi connectivity index (χ0) is 16.4. The number of nitrogens with one attached hydrogen (secondary N) is 1. The highest BCUT2D eigenvalue weighted by Gasteiger charge is 2.28. The van der Waals surface area contributed by atoms with E-state index in [0.717, 1.165) is 17.8 Å². The van der Waals surface area contributed by atoms with Crippen molar-refractivity contribution in [2.24, 2.45) is 0 Å². The molecule has 2 N–H and O–H groups in total. The lowest BCUT2D eigenvalue weighted by Crippen LogP contribution is -2.27. The lowest BCUT2D eigenvalue weighted by Gasteiger charge is -2.32. The lowest BCUT2D eigenvalue weighted by molar-refractivity contribution is -0.109. The van der Waals surface area contributed by atoms with Crippen LogP contribution < -0.4 is 10.2 Å². The molecule has 2 aromatic rings. The molecule has 3 rings (SSSR count). The molecular formula is C16H15ClN2O3S. The number of carbonyl (C=O) groups is 1. The summed E-state index contributed by atoms with van der Waals surface area (Å²) in [5.41, 5.74) is 1.57. The Morgan fingerprint density at radius 1 is 1.17 bits per heavy atom. The van der Waals surface area contributed by atoms with Crippen molar-refractivity contribution in [1.29, 1.82) is 0 Å². The number of amides is 1. The van der Waals surface area contributed by atoms with Crippen LogP contribution >= 0.6 is 11.6 Å². The Hall–Kier alpha value is -2.05. The number of benzene rings is 2. The second-order valence-corrected chi connectivity index (χ2v) is 6.96. The van der Waals surface area contributed by atoms with E-state index in [1.807, 2.05) is 4.90 Å². The van der Waals surface area contributed by atoms with Gasteiger partial charge in [0, 0.05) is 18.1 Å². The van der Waals surface area contributed by atoms with Gasteiger partial charge in [-0.3, -0.25) is 4.79 Å². The van der Waals surface area contributed by atoms with Crippen LogP contribution in [0.25, 0.3) is 0 Å². The monoisotopic (exact) mass is 350 g/mol. The van der Waals surface area contributed by atoms with Crippen molar-refractivity contribution < 1.29 is 14.1 Å². The number of nitrogens with zero attached hydrogens (tertiary/aromatic N) is 1. The van der Waals surface area contributed by atoms with Crippen molar-refractivity contribution in [3.05, 3.63) is 41.4 Å². The van der Waals surface area contributed by atoms with Gasteiger partial charge in [-0.25, -0.2) is 4.21 Å². The van der Waals surface area contributed by atoms with Crippen molar-refractivity contribution >= 4 is 40.2 Å². The third kappa shape index (κ3) is 3.04. The van der Waals surface area contributed by atoms with E-state index in [0.29, 0.717) is 34.3 Å². The highest BCUT2D eigenvalue weighted by Crippen LogP contribution is 2.44. The molecule has 1 heterocycles. The Kier molecular flexibility index (Phi) is 4.54. The molecule has 1 unspecified atom stereocenters. The molecule has 120 valence electrons. The molecule has 1 amide bonds. The van der Waals surface area contributed by atoms with E-state index in [9.17, 15) is 14.1 Å². The first-order valence-electron chi connectivity index (χ1n) is 7.10. The van der Waals surface area contributed by atoms with E-state index in [1.165, 1.54) is 6.07 Å². The molecule has 23 heavy (non-hydrogen) atoms. The van der Waals surface area contributed by atoms with Crippen molar-refractivity contribution in [1.82, 2.24) is 5.32 Å². The first kappa shape index (κ1) is 15.8. The van der Waals surface area contributed by atoms with Crippen LogP contribution in [0.3, 0.4) is 0 Å². The van der Waals surface area contributed by atoms with Crippen LogP contribution in [0, 0.1) is 0 Å². The highest BCUT2D eigenvalue weighted by atomic mass is 35.5. The molecule has 1 aliphatic heterocycles. The maximum absolute atomic E-state index is 12.8. The standard InChI is InChI=1S/C16H15ClN2O3S/c17-11-2-5-15-14(8-11)19(7-1-6-18-10-20)13-4-3-12(21)9-16(13)23(15)22/h2-5,8-10,21H,1,6-7H2,(H,18,20). The van der Waals surface area contributed by atoms with E-state index in [-0.39, 0.29) is 5.75 Å². The van der Waals surface area contributed by atoms with E-state index in [1.54, 1.807) is 30.3 Å². The molecule has 7 heteroatoms. The number of hydrogen-bond donors (Lipinski definition) is 2. The van der Waals surface area contributed by atoms with Gasteiger partial charge >= 0.3 is 0 Å². The number of phenolic OH excluding ortho intramolecular Hbond substituents is 1. The first-order chi connectivity index (χ1) is 11.1. The summed E-state index contributed by atoms with van der Waals surface area (Å²) >= 11 is 6.10. The van der Waals surface area contributed by atoms with E-state index < -0.39 is 10.8 Å². The van der Waals surface area contributed by atoms with Crippen molar-refractivity contribution in [2.75, 3.05) is 18.0 Å². The zero-order valence-electron chi connectivity index (χ0n) is 12.2. The fourth-order valence-corrected chi connectivity index (χ4v) is 4.17. The minimum atomic E-state index is -1.37. The SMILES string of the molecule is O=CNCCCN1c2cc(Cl)ccc2S(=O)c2cc(O)ccc21. The third-order valence-corrected chi connectivity index (χ3v) is 5.34. The second kappa shape index (κ2) is 6.60. The van der Waals surface area contributed by atoms with Crippen molar-refractivity contribution in [2.45, 2.75) is 16.2 Å². The summed E-state index contributed by atoms with van der Waals surface area (Å²) in [6.07, 6.45) is 1.39. The minimum Gasteiger partial charge on any atom is -0.508 e. The van der Waals surface area contributed by atoms with Gasteiger partial charge in [0.15, 0.2) is 0 Å². The Morgan fingerprint density at radius 3 is 2.78 bits per heavy atom. The molecule has 1 aliphatic rings. The van der Waals surface area contributed by atoms with Crippen LogP contribution in [0.15, 0.2) is 46.2 Å². The molecule has 0 bridgehead atoms. The average Bonchev–Trinajstić information content (AvgIpc) is 2.54. The second-order valence-electron chi connectivity index (χ2n) is 5.11. The van der Waals surface area contributed by atoms with Crippen LogP contribution in [0.5, 0.6) is 5.75 Å². The molecule has 2 aromatic carbocycles. The molecule has 5 nitrogen and oxygen atoms in total. The third-order valence-electron chi connectivity index (χ3n) is 3.63. The number of rotatable bonds is 5. The van der Waals surface area contributed by atoms with Crippen LogP contribution in [0.1, 0.15) is 6.42 Å². The van der Waals surface area contributed by atoms with Crippen LogP contribution in [-0.2, 0) is 15.6 Å². The largest absolute Gasteiger partial charge is 0.508 e. The van der Waals surface area contributed by atoms with Gasteiger partial charge < -0.3 is 15.3 Å². The fraction of sp³-hybridized carbons (Fsp3) is 0.188. The Balaban J connectivity index is 2.03. The quantitative estimate of drug-likeness (QED) is 0.642. The summed E-state index contributed by atoms with van der Waals surface area (Å²) in [6.45, 7) is 1.18. The van der Waals surface area contributed by atoms with E-state index in [4.69, 9.17) is 11.6 Å². The van der Waals surface area contributed by atoms with Gasteiger partial charge in [-0.05, 0) is 42.8 Å². The number of aromatic hydroxyl groups is 1. The maximum Gasteiger partial charge on any atom is 0.207 e. The normalized spacial score (nSPS) is 15.7. The summed E-state index contributed by atoms with van der Waals surface area (Å²) in [4.78, 5) is 13.6. The smallest absolute Gasteiger partial charge is 0.207 e. The number of hydrogen-bond acceptors (Lipinski definition) is 4. The van der Waals surface area contributed by atoms with Crippen LogP contribution in [-0.4, -0.2) is 28.8 Å². The summed E-state index contributed by atoms with van der Waals surface area (Å²) in [5.74, 6) is 0.0806. The summed E-state index contributed by atoms with van der Waals surface area (Å²) in [7, 11) is -1.37. The predicted octanol–water partition coefficient (Wildman–Crippen LogP) is 2.80. The lowest BCUT2D eigenvalue weighted by atomic mass is 10.2. The number of carbonyl (C=O) groups excluding carboxylic acids is 1. The number of halogens is 1. The Labute approximate surface area is 141 Å². The van der Waals surface area contributed by atoms with Gasteiger partial charge in [-0.15, -0.1) is 0 Å². The molecule has 0 saturated heterocycles. The molecule has 0 fully saturated rings. The number of phenols is 1. The average molecular weight is 351 g/mol. The molecule has 0 spiro atoms. The minimum absolute atomic E-state index is 0.0806. The van der Waals surface area contributed by atoms with Gasteiger partial charge in [-0.1, -0.05) is 11.6 Å². The van der Waals surface area contributed by atoms with Crippen LogP contribution in [0.4, 0.5) is 11.4 Å². The molecule has 0 saturated carbocycles. The number of fused-ring (bicyclic) bond motifs is 2. The summed E-state index contributed by atoms with van der Waals surface area (Å²) in [6, 6.07) is 10.1. The van der Waals surface area contributed by atoms with Crippen LogP contribution in [0.2, 0.25) is 5.02 Å². The molecule has 0 aromatic heterocycles. The molecular weight excluding hydrogens is 336 g/mol. The Bertz CT molecular complexity index is 782. The van der Waals surface area contributed by atoms with E-state index in [2.05, 4.69) is 5.32 Å². The number of anilines is 2. The molecule has 0 radical (unpaired) electrons. The molecule has 1 atom stereocenters. The van der Waals surface area contributed by atoms with Gasteiger partial charge in [0.05, 0.1) is 32.0 Å². The first-order valence-corrected chi connectivity index (χ1v) is 8.63. The van der Waals surface area contributed by atoms with Crippen molar-refractivity contribution in [3.63, 3.8) is 0 Å². The Morgan fingerprint density at radius 2 is 2.00 bits per heavy atom. The summed E-state index contributed by atoms with van der Waals surface area (Å²) < 4.78 is 12.8. The fourth-order valence-electron chi connectivity index (χ4n) is 2.62. The van der Waals surface area contributed by atoms with Gasteiger partial charge in [0.25, 0.3) is 0 Å². The van der Waals surface area contributed by atoms with E-state index >= 15 is 0 Å². The topological polar surface area (TPSA) is 69.6 Å².